The summed E-state index contributed by atoms with van der Waals surface area (Å²) >= 11 is 0. The Morgan fingerprint density at radius 2 is 1.92 bits per heavy atom. The molecule has 13 heavy (non-hydrogen) atoms. The van der Waals surface area contributed by atoms with Gasteiger partial charge in [-0.15, -0.1) is 0 Å². The number of phenols is 1. The predicted molar refractivity (Wildman–Crippen MR) is 40.0 cm³/mol. The van der Waals surface area contributed by atoms with E-state index in [1.165, 1.54) is 0 Å². The number of carboxylic acid groups (broad SMARTS) is 1. The molecule has 0 atom stereocenters. The molecule has 0 radical (unpaired) electrons. The van der Waals surface area contributed by atoms with Gasteiger partial charge in [0.05, 0.1) is 5.56 Å². The molecule has 0 unspecified atom stereocenters. The lowest BCUT2D eigenvalue weighted by atomic mass is 10.1. The standard InChI is InChI=1S/C8H5FO4/c9-4-1-2-5(6(10)3-4)7(11)8(12)13/h1-3,10H,(H,12,13). The summed E-state index contributed by atoms with van der Waals surface area (Å²) in [5.74, 6) is -4.37. The van der Waals surface area contributed by atoms with Crippen LogP contribution in [0, 0.1) is 5.82 Å². The van der Waals surface area contributed by atoms with Gasteiger partial charge in [0, 0.05) is 6.07 Å². The summed E-state index contributed by atoms with van der Waals surface area (Å²) < 4.78 is 12.4. The summed E-state index contributed by atoms with van der Waals surface area (Å²) in [7, 11) is 0. The number of hydrogen-bond donors (Lipinski definition) is 2. The summed E-state index contributed by atoms with van der Waals surface area (Å²) in [4.78, 5) is 21.0. The van der Waals surface area contributed by atoms with Crippen LogP contribution in [0.3, 0.4) is 0 Å². The van der Waals surface area contributed by atoms with E-state index in [9.17, 15) is 14.0 Å². The van der Waals surface area contributed by atoms with Crippen LogP contribution in [0.5, 0.6) is 5.75 Å². The molecule has 0 aliphatic carbocycles. The maximum Gasteiger partial charge on any atom is 0.377 e. The zero-order valence-electron chi connectivity index (χ0n) is 6.32. The Hall–Kier alpha value is -1.91. The lowest BCUT2D eigenvalue weighted by Gasteiger charge is -1.99. The fourth-order valence-corrected chi connectivity index (χ4v) is 0.812. The molecule has 0 aliphatic heterocycles. The quantitative estimate of drug-likeness (QED) is 0.526. The van der Waals surface area contributed by atoms with E-state index in [-0.39, 0.29) is 0 Å². The molecule has 0 saturated carbocycles. The van der Waals surface area contributed by atoms with Crippen LogP contribution in [0.25, 0.3) is 0 Å². The predicted octanol–water partition coefficient (Wildman–Crippen LogP) is 0.799. The van der Waals surface area contributed by atoms with Crippen molar-refractivity contribution in [3.8, 4) is 5.75 Å². The highest BCUT2D eigenvalue weighted by Crippen LogP contribution is 2.18. The molecule has 5 heteroatoms. The van der Waals surface area contributed by atoms with Gasteiger partial charge in [-0.05, 0) is 12.1 Å². The Labute approximate surface area is 72.2 Å². The van der Waals surface area contributed by atoms with Crippen LogP contribution in [0.2, 0.25) is 0 Å². The summed E-state index contributed by atoms with van der Waals surface area (Å²) in [6, 6.07) is 2.49. The highest BCUT2D eigenvalue weighted by atomic mass is 19.1. The van der Waals surface area contributed by atoms with Crippen molar-refractivity contribution in [1.29, 1.82) is 0 Å². The molecule has 0 saturated heterocycles. The van der Waals surface area contributed by atoms with Gasteiger partial charge in [0.1, 0.15) is 11.6 Å². The van der Waals surface area contributed by atoms with Gasteiger partial charge < -0.3 is 10.2 Å². The van der Waals surface area contributed by atoms with Gasteiger partial charge in [0.15, 0.2) is 0 Å². The zero-order valence-corrected chi connectivity index (χ0v) is 6.32. The average Bonchev–Trinajstić information content (AvgIpc) is 2.03. The molecule has 1 aromatic carbocycles. The second kappa shape index (κ2) is 3.22. The fourth-order valence-electron chi connectivity index (χ4n) is 0.812. The molecule has 0 heterocycles. The van der Waals surface area contributed by atoms with Gasteiger partial charge >= 0.3 is 5.97 Å². The average molecular weight is 184 g/mol. The van der Waals surface area contributed by atoms with Gasteiger partial charge in [-0.1, -0.05) is 0 Å². The van der Waals surface area contributed by atoms with E-state index in [4.69, 9.17) is 10.2 Å². The number of carbonyl (C=O) groups excluding carboxylic acids is 1. The minimum atomic E-state index is -1.69. The second-order valence-electron chi connectivity index (χ2n) is 2.30. The van der Waals surface area contributed by atoms with Crippen LogP contribution in [0.4, 0.5) is 4.39 Å². The summed E-state index contributed by atoms with van der Waals surface area (Å²) in [6.07, 6.45) is 0. The number of halogens is 1. The van der Waals surface area contributed by atoms with Crippen LogP contribution in [-0.2, 0) is 4.79 Å². The first-order chi connectivity index (χ1) is 6.02. The summed E-state index contributed by atoms with van der Waals surface area (Å²) in [6.45, 7) is 0. The first kappa shape index (κ1) is 9.18. The smallest absolute Gasteiger partial charge is 0.377 e. The maximum atomic E-state index is 12.4. The van der Waals surface area contributed by atoms with Crippen molar-refractivity contribution in [2.45, 2.75) is 0 Å². The Bertz CT molecular complexity index is 372. The van der Waals surface area contributed by atoms with Gasteiger partial charge in [0.25, 0.3) is 5.78 Å². The van der Waals surface area contributed by atoms with E-state index in [1.54, 1.807) is 0 Å². The molecular formula is C8H5FO4. The number of carboxylic acids is 1. The summed E-state index contributed by atoms with van der Waals surface area (Å²) in [5.41, 5.74) is -0.422. The van der Waals surface area contributed by atoms with Crippen molar-refractivity contribution < 1.29 is 24.2 Å². The number of carbonyl (C=O) groups is 2. The lowest BCUT2D eigenvalue weighted by Crippen LogP contribution is -2.12. The Kier molecular flexibility index (Phi) is 2.27. The second-order valence-corrected chi connectivity index (χ2v) is 2.30. The Morgan fingerprint density at radius 1 is 1.31 bits per heavy atom. The number of hydrogen-bond acceptors (Lipinski definition) is 3. The van der Waals surface area contributed by atoms with Crippen LogP contribution >= 0.6 is 0 Å². The number of benzene rings is 1. The fraction of sp³-hybridized carbons (Fsp3) is 0. The van der Waals surface area contributed by atoms with Crippen molar-refractivity contribution in [3.63, 3.8) is 0 Å². The van der Waals surface area contributed by atoms with Crippen LogP contribution in [0.1, 0.15) is 10.4 Å². The third-order valence-electron chi connectivity index (χ3n) is 1.40. The number of phenolic OH excluding ortho intramolecular Hbond substituents is 1. The van der Waals surface area contributed by atoms with E-state index in [1.807, 2.05) is 0 Å². The molecule has 0 aromatic heterocycles. The summed E-state index contributed by atoms with van der Waals surface area (Å²) in [5, 5.41) is 17.3. The zero-order chi connectivity index (χ0) is 10.0. The molecule has 1 rings (SSSR count). The topological polar surface area (TPSA) is 74.6 Å². The lowest BCUT2D eigenvalue weighted by molar-refractivity contribution is -0.131. The van der Waals surface area contributed by atoms with Gasteiger partial charge in [-0.2, -0.15) is 0 Å². The molecule has 4 nitrogen and oxygen atoms in total. The molecule has 2 N–H and O–H groups in total. The number of aromatic hydroxyl groups is 1. The molecule has 0 aliphatic rings. The largest absolute Gasteiger partial charge is 0.507 e. The normalized spacial score (nSPS) is 9.62. The molecular weight excluding hydrogens is 179 g/mol. The Balaban J connectivity index is 3.16. The monoisotopic (exact) mass is 184 g/mol. The number of rotatable bonds is 2. The molecule has 0 fully saturated rings. The SMILES string of the molecule is O=C(O)C(=O)c1ccc(F)cc1O. The van der Waals surface area contributed by atoms with Crippen molar-refractivity contribution in [1.82, 2.24) is 0 Å². The van der Waals surface area contributed by atoms with Crippen LogP contribution in [-0.4, -0.2) is 22.0 Å². The van der Waals surface area contributed by atoms with Crippen molar-refractivity contribution >= 4 is 11.8 Å². The van der Waals surface area contributed by atoms with E-state index in [0.29, 0.717) is 6.07 Å². The van der Waals surface area contributed by atoms with Crippen molar-refractivity contribution in [2.24, 2.45) is 0 Å². The van der Waals surface area contributed by atoms with Gasteiger partial charge in [-0.3, -0.25) is 4.79 Å². The molecule has 0 bridgehead atoms. The van der Waals surface area contributed by atoms with Gasteiger partial charge in [-0.25, -0.2) is 9.18 Å². The minimum Gasteiger partial charge on any atom is -0.507 e. The van der Waals surface area contributed by atoms with Gasteiger partial charge in [0.2, 0.25) is 0 Å². The van der Waals surface area contributed by atoms with E-state index < -0.39 is 28.9 Å². The maximum absolute atomic E-state index is 12.4. The van der Waals surface area contributed by atoms with Crippen LogP contribution in [0.15, 0.2) is 18.2 Å². The highest BCUT2D eigenvalue weighted by molar-refractivity contribution is 6.40. The highest BCUT2D eigenvalue weighted by Gasteiger charge is 2.18. The van der Waals surface area contributed by atoms with Crippen molar-refractivity contribution in [3.05, 3.63) is 29.6 Å². The first-order valence-electron chi connectivity index (χ1n) is 3.28. The third-order valence-corrected chi connectivity index (χ3v) is 1.40. The molecule has 0 amide bonds. The Morgan fingerprint density at radius 3 is 2.38 bits per heavy atom. The molecule has 68 valence electrons. The molecule has 0 spiro atoms. The third kappa shape index (κ3) is 1.81. The number of Topliss-reactive ketones (excluding diaryl/α,β-unsaturated/α-hetero) is 1. The number of aliphatic carboxylic acids is 1. The van der Waals surface area contributed by atoms with E-state index in [0.717, 1.165) is 12.1 Å². The first-order valence-corrected chi connectivity index (χ1v) is 3.28. The van der Waals surface area contributed by atoms with Crippen LogP contribution < -0.4 is 0 Å². The van der Waals surface area contributed by atoms with Crippen molar-refractivity contribution in [2.75, 3.05) is 0 Å². The molecule has 1 aromatic rings. The van der Waals surface area contributed by atoms with E-state index >= 15 is 0 Å². The minimum absolute atomic E-state index is 0.422. The van der Waals surface area contributed by atoms with E-state index in [2.05, 4.69) is 0 Å². The number of ketones is 1.